The first kappa shape index (κ1) is 13.5. The molecule has 4 heteroatoms. The third-order valence-corrected chi connectivity index (χ3v) is 4.80. The molecule has 0 amide bonds. The topological polar surface area (TPSA) is 15.3 Å². The van der Waals surface area contributed by atoms with Gasteiger partial charge in [-0.15, -0.1) is 0 Å². The molecule has 1 aliphatic carbocycles. The van der Waals surface area contributed by atoms with Crippen LogP contribution in [-0.2, 0) is 6.54 Å². The van der Waals surface area contributed by atoms with Crippen molar-refractivity contribution in [2.24, 2.45) is 5.92 Å². The number of rotatable bonds is 3. The zero-order chi connectivity index (χ0) is 13.4. The van der Waals surface area contributed by atoms with E-state index in [4.69, 9.17) is 0 Å². The van der Waals surface area contributed by atoms with Crippen LogP contribution in [-0.4, -0.2) is 30.1 Å². The number of benzene rings is 1. The first-order chi connectivity index (χ1) is 9.13. The van der Waals surface area contributed by atoms with Gasteiger partial charge in [0.25, 0.3) is 0 Å². The summed E-state index contributed by atoms with van der Waals surface area (Å²) in [4.78, 5) is 2.41. The Kier molecular flexibility index (Phi) is 3.92. The molecule has 3 rings (SSSR count). The van der Waals surface area contributed by atoms with Crippen molar-refractivity contribution in [1.29, 1.82) is 0 Å². The van der Waals surface area contributed by atoms with Crippen molar-refractivity contribution in [3.05, 3.63) is 34.1 Å². The second-order valence-corrected chi connectivity index (χ2v) is 6.78. The molecule has 104 valence electrons. The van der Waals surface area contributed by atoms with E-state index >= 15 is 0 Å². The maximum atomic E-state index is 13.9. The van der Waals surface area contributed by atoms with Gasteiger partial charge in [-0.05, 0) is 43.9 Å². The second kappa shape index (κ2) is 5.51. The minimum atomic E-state index is -0.100. The highest BCUT2D eigenvalue weighted by molar-refractivity contribution is 9.10. The molecule has 0 spiro atoms. The van der Waals surface area contributed by atoms with Crippen LogP contribution in [0, 0.1) is 11.7 Å². The number of nitrogens with one attached hydrogen (secondary N) is 1. The summed E-state index contributed by atoms with van der Waals surface area (Å²) in [5.74, 6) is 0.749. The maximum absolute atomic E-state index is 13.9. The van der Waals surface area contributed by atoms with Gasteiger partial charge in [0, 0.05) is 41.8 Å². The number of halogens is 2. The summed E-state index contributed by atoms with van der Waals surface area (Å²) in [7, 11) is 0. The molecular weight excluding hydrogens is 307 g/mol. The van der Waals surface area contributed by atoms with Gasteiger partial charge in [-0.3, -0.25) is 4.90 Å². The van der Waals surface area contributed by atoms with E-state index in [2.05, 4.69) is 33.1 Å². The van der Waals surface area contributed by atoms with E-state index in [9.17, 15) is 4.39 Å². The van der Waals surface area contributed by atoms with Crippen molar-refractivity contribution < 1.29 is 4.39 Å². The zero-order valence-corrected chi connectivity index (χ0v) is 12.8. The van der Waals surface area contributed by atoms with Gasteiger partial charge < -0.3 is 5.32 Å². The Hall–Kier alpha value is -0.450. The Morgan fingerprint density at radius 1 is 1.42 bits per heavy atom. The van der Waals surface area contributed by atoms with Gasteiger partial charge in [-0.2, -0.15) is 0 Å². The minimum absolute atomic E-state index is 0.100. The van der Waals surface area contributed by atoms with Gasteiger partial charge in [0.05, 0.1) is 0 Å². The van der Waals surface area contributed by atoms with Crippen molar-refractivity contribution in [2.45, 2.75) is 38.4 Å². The van der Waals surface area contributed by atoms with Crippen molar-refractivity contribution in [3.63, 3.8) is 0 Å². The fraction of sp³-hybridized carbons (Fsp3) is 0.600. The fourth-order valence-corrected chi connectivity index (χ4v) is 3.27. The molecule has 2 atom stereocenters. The summed E-state index contributed by atoms with van der Waals surface area (Å²) in [5, 5.41) is 3.63. The van der Waals surface area contributed by atoms with Gasteiger partial charge in [-0.25, -0.2) is 4.39 Å². The third-order valence-electron chi connectivity index (χ3n) is 4.30. The Labute approximate surface area is 122 Å². The molecule has 0 aromatic heterocycles. The molecule has 19 heavy (non-hydrogen) atoms. The third kappa shape index (κ3) is 3.18. The van der Waals surface area contributed by atoms with Crippen molar-refractivity contribution in [1.82, 2.24) is 10.2 Å². The molecule has 1 saturated carbocycles. The van der Waals surface area contributed by atoms with E-state index in [1.54, 1.807) is 12.1 Å². The van der Waals surface area contributed by atoms with E-state index in [-0.39, 0.29) is 5.82 Å². The Bertz CT molecular complexity index is 461. The molecule has 2 fully saturated rings. The Balaban J connectivity index is 1.71. The lowest BCUT2D eigenvalue weighted by atomic mass is 10.0. The number of hydrogen-bond donors (Lipinski definition) is 1. The molecular formula is C15H20BrFN2. The van der Waals surface area contributed by atoms with Gasteiger partial charge >= 0.3 is 0 Å². The van der Waals surface area contributed by atoms with Gasteiger partial charge in [-0.1, -0.05) is 15.9 Å². The van der Waals surface area contributed by atoms with Crippen LogP contribution in [0.4, 0.5) is 4.39 Å². The highest BCUT2D eigenvalue weighted by Crippen LogP contribution is 2.34. The molecule has 0 radical (unpaired) electrons. The molecule has 1 aromatic carbocycles. The summed E-state index contributed by atoms with van der Waals surface area (Å²) in [6.45, 7) is 4.97. The average molecular weight is 327 g/mol. The fourth-order valence-electron chi connectivity index (χ4n) is 2.87. The standard InChI is InChI=1S/C15H20BrFN2/c1-10-7-18-15(11-2-3-11)9-19(10)8-12-6-13(16)4-5-14(12)17/h4-6,10-11,15,18H,2-3,7-9H2,1H3. The molecule has 1 heterocycles. The summed E-state index contributed by atoms with van der Waals surface area (Å²) >= 11 is 3.42. The molecule has 2 unspecified atom stereocenters. The van der Waals surface area contributed by atoms with E-state index in [0.717, 1.165) is 29.0 Å². The number of piperazine rings is 1. The molecule has 0 bridgehead atoms. The monoisotopic (exact) mass is 326 g/mol. The van der Waals surface area contributed by atoms with Gasteiger partial charge in [0.1, 0.15) is 5.82 Å². The van der Waals surface area contributed by atoms with Gasteiger partial charge in [0.2, 0.25) is 0 Å². The first-order valence-corrected chi connectivity index (χ1v) is 7.84. The van der Waals surface area contributed by atoms with Crippen LogP contribution in [0.5, 0.6) is 0 Å². The van der Waals surface area contributed by atoms with Crippen molar-refractivity contribution in [3.8, 4) is 0 Å². The lowest BCUT2D eigenvalue weighted by Gasteiger charge is -2.39. The highest BCUT2D eigenvalue weighted by Gasteiger charge is 2.36. The Morgan fingerprint density at radius 3 is 2.95 bits per heavy atom. The predicted molar refractivity (Wildman–Crippen MR) is 78.5 cm³/mol. The number of hydrogen-bond acceptors (Lipinski definition) is 2. The molecule has 1 aliphatic heterocycles. The van der Waals surface area contributed by atoms with E-state index in [0.29, 0.717) is 18.6 Å². The summed E-state index contributed by atoms with van der Waals surface area (Å²) in [6.07, 6.45) is 2.70. The largest absolute Gasteiger partial charge is 0.311 e. The molecule has 2 aliphatic rings. The molecule has 2 nitrogen and oxygen atoms in total. The SMILES string of the molecule is CC1CNC(C2CC2)CN1Cc1cc(Br)ccc1F. The lowest BCUT2D eigenvalue weighted by molar-refractivity contribution is 0.124. The van der Waals surface area contributed by atoms with Crippen molar-refractivity contribution in [2.75, 3.05) is 13.1 Å². The van der Waals surface area contributed by atoms with E-state index < -0.39 is 0 Å². The van der Waals surface area contributed by atoms with Crippen LogP contribution >= 0.6 is 15.9 Å². The van der Waals surface area contributed by atoms with E-state index in [1.807, 2.05) is 6.07 Å². The lowest BCUT2D eigenvalue weighted by Crippen LogP contribution is -2.55. The molecule has 1 N–H and O–H groups in total. The Morgan fingerprint density at radius 2 is 2.21 bits per heavy atom. The molecule has 1 saturated heterocycles. The van der Waals surface area contributed by atoms with Crippen LogP contribution in [0.3, 0.4) is 0 Å². The van der Waals surface area contributed by atoms with Crippen LogP contribution in [0.1, 0.15) is 25.3 Å². The van der Waals surface area contributed by atoms with Crippen LogP contribution < -0.4 is 5.32 Å². The summed E-state index contributed by atoms with van der Waals surface area (Å²) in [5.41, 5.74) is 0.790. The number of nitrogens with zero attached hydrogens (tertiary/aromatic N) is 1. The maximum Gasteiger partial charge on any atom is 0.127 e. The van der Waals surface area contributed by atoms with Crippen LogP contribution in [0.25, 0.3) is 0 Å². The average Bonchev–Trinajstić information content (AvgIpc) is 3.21. The smallest absolute Gasteiger partial charge is 0.127 e. The quantitative estimate of drug-likeness (QED) is 0.917. The predicted octanol–water partition coefficient (Wildman–Crippen LogP) is 3.16. The van der Waals surface area contributed by atoms with Crippen LogP contribution in [0.2, 0.25) is 0 Å². The van der Waals surface area contributed by atoms with Crippen molar-refractivity contribution >= 4 is 15.9 Å². The second-order valence-electron chi connectivity index (χ2n) is 5.87. The van der Waals surface area contributed by atoms with Gasteiger partial charge in [0.15, 0.2) is 0 Å². The zero-order valence-electron chi connectivity index (χ0n) is 11.2. The summed E-state index contributed by atoms with van der Waals surface area (Å²) < 4.78 is 14.8. The van der Waals surface area contributed by atoms with Crippen LogP contribution in [0.15, 0.2) is 22.7 Å². The van der Waals surface area contributed by atoms with E-state index in [1.165, 1.54) is 12.8 Å². The normalized spacial score (nSPS) is 28.6. The molecule has 1 aromatic rings. The highest BCUT2D eigenvalue weighted by atomic mass is 79.9. The first-order valence-electron chi connectivity index (χ1n) is 7.05. The minimum Gasteiger partial charge on any atom is -0.311 e. The summed E-state index contributed by atoms with van der Waals surface area (Å²) in [6, 6.07) is 6.27.